The maximum Gasteiger partial charge on any atom is 0.218 e. The molecule has 0 amide bonds. The Hall–Kier alpha value is -1.40. The first-order valence-corrected chi connectivity index (χ1v) is 7.20. The standard InChI is InChI=1S/C14H25N3O3/c1-4-7-15-12-10-14(20-9-8-18-5-2)17-13(16-12)11-19-6-3/h10H,4-9,11H2,1-3H3,(H,15,16,17). The highest BCUT2D eigenvalue weighted by atomic mass is 16.5. The van der Waals surface area contributed by atoms with E-state index in [2.05, 4.69) is 22.2 Å². The van der Waals surface area contributed by atoms with Gasteiger partial charge in [-0.1, -0.05) is 6.92 Å². The van der Waals surface area contributed by atoms with Crippen LogP contribution in [0.4, 0.5) is 5.82 Å². The smallest absolute Gasteiger partial charge is 0.218 e. The van der Waals surface area contributed by atoms with Crippen LogP contribution in [-0.4, -0.2) is 42.9 Å². The Morgan fingerprint density at radius 3 is 2.55 bits per heavy atom. The van der Waals surface area contributed by atoms with Crippen LogP contribution >= 0.6 is 0 Å². The Morgan fingerprint density at radius 1 is 1.05 bits per heavy atom. The molecule has 1 rings (SSSR count). The Bertz CT molecular complexity index is 348. The molecular weight excluding hydrogens is 258 g/mol. The molecule has 0 saturated heterocycles. The quantitative estimate of drug-likeness (QED) is 0.628. The molecule has 0 bridgehead atoms. The van der Waals surface area contributed by atoms with Crippen LogP contribution in [-0.2, 0) is 16.1 Å². The summed E-state index contributed by atoms with van der Waals surface area (Å²) in [5.74, 6) is 1.94. The molecule has 1 N–H and O–H groups in total. The Labute approximate surface area is 120 Å². The molecule has 0 aliphatic heterocycles. The van der Waals surface area contributed by atoms with Crippen molar-refractivity contribution in [3.8, 4) is 5.88 Å². The summed E-state index contributed by atoms with van der Waals surface area (Å²) in [6.07, 6.45) is 1.03. The molecule has 0 saturated carbocycles. The summed E-state index contributed by atoms with van der Waals surface area (Å²) in [6.45, 7) is 9.61. The average Bonchev–Trinajstić information content (AvgIpc) is 2.47. The lowest BCUT2D eigenvalue weighted by atomic mass is 10.4. The third-order valence-electron chi connectivity index (χ3n) is 2.42. The van der Waals surface area contributed by atoms with E-state index in [1.165, 1.54) is 0 Å². The zero-order valence-corrected chi connectivity index (χ0v) is 12.6. The average molecular weight is 283 g/mol. The van der Waals surface area contributed by atoms with Crippen molar-refractivity contribution in [2.75, 3.05) is 38.3 Å². The van der Waals surface area contributed by atoms with E-state index in [0.29, 0.717) is 44.7 Å². The van der Waals surface area contributed by atoms with Crippen LogP contribution in [0.2, 0.25) is 0 Å². The number of ether oxygens (including phenoxy) is 3. The van der Waals surface area contributed by atoms with Gasteiger partial charge < -0.3 is 19.5 Å². The molecule has 0 spiro atoms. The number of rotatable bonds is 11. The molecule has 20 heavy (non-hydrogen) atoms. The van der Waals surface area contributed by atoms with Gasteiger partial charge in [0.15, 0.2) is 5.82 Å². The number of aromatic nitrogens is 2. The van der Waals surface area contributed by atoms with E-state index in [1.54, 1.807) is 6.07 Å². The van der Waals surface area contributed by atoms with Crippen molar-refractivity contribution >= 4 is 5.82 Å². The van der Waals surface area contributed by atoms with Crippen molar-refractivity contribution in [2.24, 2.45) is 0 Å². The van der Waals surface area contributed by atoms with Gasteiger partial charge in [-0.25, -0.2) is 4.98 Å². The van der Waals surface area contributed by atoms with Gasteiger partial charge in [0.1, 0.15) is 19.0 Å². The number of nitrogens with zero attached hydrogens (tertiary/aromatic N) is 2. The minimum Gasteiger partial charge on any atom is -0.475 e. The molecule has 6 heteroatoms. The minimum absolute atomic E-state index is 0.389. The lowest BCUT2D eigenvalue weighted by Crippen LogP contribution is -2.11. The first kappa shape index (κ1) is 16.7. The lowest BCUT2D eigenvalue weighted by Gasteiger charge is -2.10. The summed E-state index contributed by atoms with van der Waals surface area (Å²) in [6, 6.07) is 1.80. The van der Waals surface area contributed by atoms with E-state index in [0.717, 1.165) is 18.8 Å². The molecule has 0 aliphatic carbocycles. The maximum atomic E-state index is 5.58. The lowest BCUT2D eigenvalue weighted by molar-refractivity contribution is 0.106. The molecule has 0 aromatic carbocycles. The highest BCUT2D eigenvalue weighted by Gasteiger charge is 2.06. The molecule has 1 aromatic heterocycles. The van der Waals surface area contributed by atoms with E-state index in [4.69, 9.17) is 14.2 Å². The molecule has 1 aromatic rings. The Balaban J connectivity index is 2.64. The van der Waals surface area contributed by atoms with Crippen LogP contribution in [0.1, 0.15) is 33.0 Å². The van der Waals surface area contributed by atoms with Crippen molar-refractivity contribution in [1.82, 2.24) is 9.97 Å². The summed E-state index contributed by atoms with van der Waals surface area (Å²) in [7, 11) is 0. The number of nitrogens with one attached hydrogen (secondary N) is 1. The third kappa shape index (κ3) is 6.68. The normalized spacial score (nSPS) is 10.6. The van der Waals surface area contributed by atoms with Gasteiger partial charge >= 0.3 is 0 Å². The number of hydrogen-bond donors (Lipinski definition) is 1. The molecule has 6 nitrogen and oxygen atoms in total. The highest BCUT2D eigenvalue weighted by molar-refractivity contribution is 5.38. The second kappa shape index (κ2) is 10.4. The van der Waals surface area contributed by atoms with Gasteiger partial charge in [-0.3, -0.25) is 0 Å². The van der Waals surface area contributed by atoms with Crippen LogP contribution in [0, 0.1) is 0 Å². The fourth-order valence-electron chi connectivity index (χ4n) is 1.50. The Morgan fingerprint density at radius 2 is 1.85 bits per heavy atom. The second-order valence-corrected chi connectivity index (χ2v) is 4.12. The zero-order valence-electron chi connectivity index (χ0n) is 12.6. The van der Waals surface area contributed by atoms with Crippen LogP contribution < -0.4 is 10.1 Å². The van der Waals surface area contributed by atoms with E-state index in [9.17, 15) is 0 Å². The maximum absolute atomic E-state index is 5.58. The topological polar surface area (TPSA) is 65.5 Å². The molecule has 0 radical (unpaired) electrons. The summed E-state index contributed by atoms with van der Waals surface area (Å²) < 4.78 is 16.2. The van der Waals surface area contributed by atoms with Crippen LogP contribution in [0.3, 0.4) is 0 Å². The predicted molar refractivity (Wildman–Crippen MR) is 78.1 cm³/mol. The molecule has 0 unspecified atom stereocenters. The molecule has 114 valence electrons. The molecule has 0 aliphatic rings. The second-order valence-electron chi connectivity index (χ2n) is 4.12. The fourth-order valence-corrected chi connectivity index (χ4v) is 1.50. The molecule has 1 heterocycles. The summed E-state index contributed by atoms with van der Waals surface area (Å²) in [4.78, 5) is 8.72. The third-order valence-corrected chi connectivity index (χ3v) is 2.42. The Kier molecular flexibility index (Phi) is 8.66. The summed E-state index contributed by atoms with van der Waals surface area (Å²) >= 11 is 0. The van der Waals surface area contributed by atoms with Crippen molar-refractivity contribution in [3.63, 3.8) is 0 Å². The van der Waals surface area contributed by atoms with E-state index < -0.39 is 0 Å². The van der Waals surface area contributed by atoms with Gasteiger partial charge in [0.25, 0.3) is 0 Å². The summed E-state index contributed by atoms with van der Waals surface area (Å²) in [5.41, 5.74) is 0. The van der Waals surface area contributed by atoms with E-state index in [1.807, 2.05) is 13.8 Å². The number of anilines is 1. The van der Waals surface area contributed by atoms with Crippen molar-refractivity contribution in [2.45, 2.75) is 33.8 Å². The van der Waals surface area contributed by atoms with Gasteiger partial charge in [-0.2, -0.15) is 4.98 Å². The highest BCUT2D eigenvalue weighted by Crippen LogP contribution is 2.14. The van der Waals surface area contributed by atoms with Gasteiger partial charge in [0, 0.05) is 25.8 Å². The summed E-state index contributed by atoms with van der Waals surface area (Å²) in [5, 5.41) is 3.24. The molecular formula is C14H25N3O3. The van der Waals surface area contributed by atoms with Crippen molar-refractivity contribution in [3.05, 3.63) is 11.9 Å². The first-order valence-electron chi connectivity index (χ1n) is 7.20. The predicted octanol–water partition coefficient (Wildman–Crippen LogP) is 2.25. The minimum atomic E-state index is 0.389. The van der Waals surface area contributed by atoms with E-state index in [-0.39, 0.29) is 0 Å². The SMILES string of the molecule is CCCNc1cc(OCCOCC)nc(COCC)n1. The van der Waals surface area contributed by atoms with Crippen LogP contribution in [0.5, 0.6) is 5.88 Å². The van der Waals surface area contributed by atoms with Gasteiger partial charge in [0.2, 0.25) is 5.88 Å². The van der Waals surface area contributed by atoms with Gasteiger partial charge in [-0.15, -0.1) is 0 Å². The zero-order chi connectivity index (χ0) is 14.6. The van der Waals surface area contributed by atoms with Crippen LogP contribution in [0.25, 0.3) is 0 Å². The molecule has 0 atom stereocenters. The van der Waals surface area contributed by atoms with Crippen LogP contribution in [0.15, 0.2) is 6.07 Å². The fraction of sp³-hybridized carbons (Fsp3) is 0.714. The monoisotopic (exact) mass is 283 g/mol. The van der Waals surface area contributed by atoms with E-state index >= 15 is 0 Å². The largest absolute Gasteiger partial charge is 0.475 e. The van der Waals surface area contributed by atoms with Crippen molar-refractivity contribution in [1.29, 1.82) is 0 Å². The van der Waals surface area contributed by atoms with Gasteiger partial charge in [-0.05, 0) is 20.3 Å². The van der Waals surface area contributed by atoms with Gasteiger partial charge in [0.05, 0.1) is 6.61 Å². The molecule has 0 fully saturated rings. The van der Waals surface area contributed by atoms with Crippen molar-refractivity contribution < 1.29 is 14.2 Å². The first-order chi connectivity index (χ1) is 9.80. The number of hydrogen-bond acceptors (Lipinski definition) is 6.